The standard InChI is InChI=1S/C22H18N8O.C22H20N8O/c1-13-3-4-16(27-20-19-14(2)30-31-21(19)26-12-25-20)11-18(13)29-22-24-10-7-17(28-22)15-5-8-23-9-6-15;1-13-3-4-16(28-20-19(14(2)23)21(31)27-12-26-20)11-18(13)30-22-25-10-7-17(29-22)15-5-8-24-9-6-15/h3-12H,1-2H3,(H,24,28,29)(H,25,26,27);3-12,23H,1-2H3,(H,25,29,30)(H2,26,27,28,31). The van der Waals surface area contributed by atoms with Crippen LogP contribution >= 0.6 is 0 Å². The Morgan fingerprint density at radius 1 is 0.629 bits per heavy atom. The fraction of sp³-hybridized carbons (Fsp3) is 0.0909. The van der Waals surface area contributed by atoms with Crippen molar-refractivity contribution in [2.75, 3.05) is 21.3 Å². The van der Waals surface area contributed by atoms with Crippen LogP contribution in [0.15, 0.2) is 132 Å². The molecule has 18 nitrogen and oxygen atoms in total. The van der Waals surface area contributed by atoms with Crippen molar-refractivity contribution in [3.05, 3.63) is 155 Å². The first kappa shape index (κ1) is 40.0. The molecule has 7 aromatic heterocycles. The number of nitrogens with zero attached hydrogens (tertiary/aromatic N) is 10. The normalized spacial score (nSPS) is 10.7. The summed E-state index contributed by atoms with van der Waals surface area (Å²) in [6.45, 7) is 7.39. The third kappa shape index (κ3) is 9.24. The molecule has 62 heavy (non-hydrogen) atoms. The summed E-state index contributed by atoms with van der Waals surface area (Å²) >= 11 is 0. The molecule has 0 aliphatic carbocycles. The molecule has 9 aromatic rings. The summed E-state index contributed by atoms with van der Waals surface area (Å²) in [4.78, 5) is 53.2. The Labute approximate surface area is 354 Å². The van der Waals surface area contributed by atoms with E-state index in [4.69, 9.17) is 9.93 Å². The van der Waals surface area contributed by atoms with Crippen molar-refractivity contribution in [2.45, 2.75) is 27.7 Å². The average molecular weight is 823 g/mol. The highest BCUT2D eigenvalue weighted by Gasteiger charge is 2.15. The number of rotatable bonds is 11. The molecule has 0 spiro atoms. The Balaban J connectivity index is 0.000000171. The van der Waals surface area contributed by atoms with Crippen LogP contribution in [-0.4, -0.2) is 60.7 Å². The van der Waals surface area contributed by atoms with Gasteiger partial charge in [-0.2, -0.15) is 4.98 Å². The lowest BCUT2D eigenvalue weighted by Crippen LogP contribution is -2.19. The quantitative estimate of drug-likeness (QED) is 0.0670. The van der Waals surface area contributed by atoms with Crippen LogP contribution in [0, 0.1) is 26.2 Å². The number of benzene rings is 2. The van der Waals surface area contributed by atoms with Crippen LogP contribution in [0.2, 0.25) is 0 Å². The molecule has 0 unspecified atom stereocenters. The van der Waals surface area contributed by atoms with Crippen LogP contribution in [0.25, 0.3) is 33.6 Å². The first-order valence-electron chi connectivity index (χ1n) is 19.1. The van der Waals surface area contributed by atoms with Gasteiger partial charge in [-0.1, -0.05) is 17.3 Å². The molecular weight excluding hydrogens is 785 g/mol. The van der Waals surface area contributed by atoms with Crippen LogP contribution in [0.1, 0.15) is 29.3 Å². The number of nitrogens with one attached hydrogen (secondary N) is 6. The number of pyridine rings is 2. The number of aromatic nitrogens is 11. The third-order valence-electron chi connectivity index (χ3n) is 9.43. The molecule has 0 atom stereocenters. The van der Waals surface area contributed by atoms with Crippen LogP contribution < -0.4 is 26.8 Å². The van der Waals surface area contributed by atoms with Crippen molar-refractivity contribution in [1.29, 1.82) is 5.41 Å². The average Bonchev–Trinajstić information content (AvgIpc) is 3.68. The molecule has 306 valence electrons. The lowest BCUT2D eigenvalue weighted by molar-refractivity contribution is 0.442. The van der Waals surface area contributed by atoms with Crippen molar-refractivity contribution < 1.29 is 4.52 Å². The van der Waals surface area contributed by atoms with Gasteiger partial charge in [-0.3, -0.25) is 14.8 Å². The maximum absolute atomic E-state index is 12.1. The molecule has 2 aromatic carbocycles. The second-order valence-corrected chi connectivity index (χ2v) is 13.8. The number of fused-ring (bicyclic) bond motifs is 1. The van der Waals surface area contributed by atoms with E-state index >= 15 is 0 Å². The summed E-state index contributed by atoms with van der Waals surface area (Å²) < 4.78 is 5.22. The van der Waals surface area contributed by atoms with Crippen LogP contribution in [0.3, 0.4) is 0 Å². The van der Waals surface area contributed by atoms with Gasteiger partial charge in [0.2, 0.25) is 11.9 Å². The van der Waals surface area contributed by atoms with Crippen molar-refractivity contribution in [3.8, 4) is 22.5 Å². The molecule has 0 fully saturated rings. The van der Waals surface area contributed by atoms with Gasteiger partial charge in [0, 0.05) is 76.8 Å². The Morgan fingerprint density at radius 2 is 1.18 bits per heavy atom. The van der Waals surface area contributed by atoms with Gasteiger partial charge < -0.3 is 36.2 Å². The monoisotopic (exact) mass is 822 g/mol. The smallest absolute Gasteiger partial charge is 0.263 e. The minimum absolute atomic E-state index is 0.128. The number of aryl methyl sites for hydroxylation is 3. The molecule has 9 rings (SSSR count). The zero-order valence-corrected chi connectivity index (χ0v) is 33.8. The topological polar surface area (TPSA) is 247 Å². The minimum atomic E-state index is -0.364. The summed E-state index contributed by atoms with van der Waals surface area (Å²) in [6, 6.07) is 23.0. The molecule has 0 aliphatic heterocycles. The zero-order chi connectivity index (χ0) is 43.0. The lowest BCUT2D eigenvalue weighted by Gasteiger charge is -2.13. The van der Waals surface area contributed by atoms with E-state index in [0.717, 1.165) is 61.8 Å². The SMILES string of the molecule is CC(=N)c1c(Nc2ccc(C)c(Nc3nccc(-c4ccncc4)n3)c2)nc[nH]c1=O.Cc1ccc(Nc2ncnc3onc(C)c23)cc1Nc1nccc(-c2ccncc2)n1. The molecule has 18 heteroatoms. The number of hydrogen-bond acceptors (Lipinski definition) is 17. The number of hydrogen-bond donors (Lipinski definition) is 6. The maximum Gasteiger partial charge on any atom is 0.263 e. The fourth-order valence-corrected chi connectivity index (χ4v) is 6.25. The summed E-state index contributed by atoms with van der Waals surface area (Å²) in [6.07, 6.45) is 13.1. The number of H-pyrrole nitrogens is 1. The Morgan fingerprint density at radius 3 is 1.73 bits per heavy atom. The van der Waals surface area contributed by atoms with Crippen LogP contribution in [0.5, 0.6) is 0 Å². The van der Waals surface area contributed by atoms with Gasteiger partial charge in [-0.05, 0) is 99.5 Å². The van der Waals surface area contributed by atoms with Gasteiger partial charge in [0.15, 0.2) is 0 Å². The Hall–Kier alpha value is -8.80. The maximum atomic E-state index is 12.1. The fourth-order valence-electron chi connectivity index (χ4n) is 6.25. The first-order chi connectivity index (χ1) is 30.2. The zero-order valence-electron chi connectivity index (χ0n) is 33.8. The van der Waals surface area contributed by atoms with E-state index in [0.29, 0.717) is 34.9 Å². The van der Waals surface area contributed by atoms with E-state index < -0.39 is 0 Å². The van der Waals surface area contributed by atoms with Crippen LogP contribution in [0.4, 0.5) is 46.3 Å². The predicted molar refractivity (Wildman–Crippen MR) is 238 cm³/mol. The van der Waals surface area contributed by atoms with E-state index in [1.807, 2.05) is 93.6 Å². The molecule has 0 saturated carbocycles. The van der Waals surface area contributed by atoms with Crippen molar-refractivity contribution in [2.24, 2.45) is 0 Å². The molecule has 0 bridgehead atoms. The summed E-state index contributed by atoms with van der Waals surface area (Å²) in [5, 5.41) is 25.6. The second-order valence-electron chi connectivity index (χ2n) is 13.8. The Bertz CT molecular complexity index is 3080. The molecular formula is C44H38N16O2. The summed E-state index contributed by atoms with van der Waals surface area (Å²) in [5.74, 6) is 1.92. The molecule has 0 amide bonds. The molecule has 0 radical (unpaired) electrons. The van der Waals surface area contributed by atoms with Crippen molar-refractivity contribution in [3.63, 3.8) is 0 Å². The molecule has 0 saturated heterocycles. The van der Waals surface area contributed by atoms with E-state index in [1.54, 1.807) is 44.1 Å². The molecule has 6 N–H and O–H groups in total. The van der Waals surface area contributed by atoms with Crippen molar-refractivity contribution in [1.82, 2.24) is 55.0 Å². The van der Waals surface area contributed by atoms with Gasteiger partial charge in [0.1, 0.15) is 28.9 Å². The van der Waals surface area contributed by atoms with E-state index in [2.05, 4.69) is 76.3 Å². The predicted octanol–water partition coefficient (Wildman–Crippen LogP) is 8.38. The van der Waals surface area contributed by atoms with Gasteiger partial charge >= 0.3 is 0 Å². The minimum Gasteiger partial charge on any atom is -0.339 e. The van der Waals surface area contributed by atoms with E-state index in [1.165, 1.54) is 12.7 Å². The Kier molecular flexibility index (Phi) is 11.6. The molecule has 0 aliphatic rings. The second kappa shape index (κ2) is 18.0. The van der Waals surface area contributed by atoms with E-state index in [9.17, 15) is 4.79 Å². The first-order valence-corrected chi connectivity index (χ1v) is 19.1. The largest absolute Gasteiger partial charge is 0.339 e. The third-order valence-corrected chi connectivity index (χ3v) is 9.43. The highest BCUT2D eigenvalue weighted by Crippen LogP contribution is 2.30. The van der Waals surface area contributed by atoms with Gasteiger partial charge in [0.25, 0.3) is 11.3 Å². The van der Waals surface area contributed by atoms with E-state index in [-0.39, 0.29) is 16.8 Å². The van der Waals surface area contributed by atoms with Gasteiger partial charge in [-0.25, -0.2) is 29.9 Å². The lowest BCUT2D eigenvalue weighted by atomic mass is 10.1. The van der Waals surface area contributed by atoms with Crippen molar-refractivity contribution >= 4 is 63.1 Å². The number of aromatic amines is 1. The van der Waals surface area contributed by atoms with Gasteiger partial charge in [0.05, 0.1) is 23.4 Å². The number of anilines is 8. The van der Waals surface area contributed by atoms with Crippen LogP contribution in [-0.2, 0) is 0 Å². The molecule has 7 heterocycles. The highest BCUT2D eigenvalue weighted by atomic mass is 16.5. The highest BCUT2D eigenvalue weighted by molar-refractivity contribution is 6.00. The summed E-state index contributed by atoms with van der Waals surface area (Å²) in [7, 11) is 0. The summed E-state index contributed by atoms with van der Waals surface area (Å²) in [5.41, 5.74) is 9.94. The van der Waals surface area contributed by atoms with Gasteiger partial charge in [-0.15, -0.1) is 0 Å².